The van der Waals surface area contributed by atoms with Crippen LogP contribution in [-0.2, 0) is 9.53 Å². The molecule has 1 aliphatic rings. The van der Waals surface area contributed by atoms with Gasteiger partial charge in [-0.1, -0.05) is 37.3 Å². The minimum absolute atomic E-state index is 0.217. The Morgan fingerprint density at radius 2 is 1.94 bits per heavy atom. The van der Waals surface area contributed by atoms with Gasteiger partial charge in [-0.25, -0.2) is 4.79 Å². The summed E-state index contributed by atoms with van der Waals surface area (Å²) in [5.74, 6) is -0.214. The van der Waals surface area contributed by atoms with Gasteiger partial charge in [0.25, 0.3) is 0 Å². The van der Waals surface area contributed by atoms with Crippen molar-refractivity contribution in [2.24, 2.45) is 10.9 Å². The number of hydrogen-bond donors (Lipinski definition) is 1. The summed E-state index contributed by atoms with van der Waals surface area (Å²) in [5, 5.41) is 2.82. The van der Waals surface area contributed by atoms with Crippen molar-refractivity contribution in [3.05, 3.63) is 58.1 Å². The first kappa shape index (κ1) is 22.8. The number of rotatable bonds is 8. The maximum Gasteiger partial charge on any atom is 0.341 e. The van der Waals surface area contributed by atoms with Crippen LogP contribution >= 0.6 is 15.9 Å². The molecule has 3 rings (SSSR count). The van der Waals surface area contributed by atoms with Gasteiger partial charge in [-0.15, -0.1) is 0 Å². The number of hydrogen-bond acceptors (Lipinski definition) is 5. The van der Waals surface area contributed by atoms with Gasteiger partial charge in [0.05, 0.1) is 36.5 Å². The number of amides is 2. The van der Waals surface area contributed by atoms with Crippen LogP contribution in [0.3, 0.4) is 0 Å². The van der Waals surface area contributed by atoms with Crippen molar-refractivity contribution in [3.8, 4) is 11.5 Å². The fourth-order valence-electron chi connectivity index (χ4n) is 3.46. The van der Waals surface area contributed by atoms with Crippen LogP contribution in [0.25, 0.3) is 0 Å². The largest absolute Gasteiger partial charge is 0.493 e. The van der Waals surface area contributed by atoms with Crippen LogP contribution in [0, 0.1) is 5.92 Å². The highest BCUT2D eigenvalue weighted by Crippen LogP contribution is 2.41. The fraction of sp³-hybridized carbons (Fsp3) is 0.348. The molecule has 1 N–H and O–H groups in total. The molecule has 31 heavy (non-hydrogen) atoms. The Hall–Kier alpha value is -2.87. The molecular weight excluding hydrogens is 464 g/mol. The first-order valence-corrected chi connectivity index (χ1v) is 10.9. The van der Waals surface area contributed by atoms with Gasteiger partial charge >= 0.3 is 12.0 Å². The summed E-state index contributed by atoms with van der Waals surface area (Å²) in [6.07, 6.45) is 0.845. The van der Waals surface area contributed by atoms with Gasteiger partial charge in [0.2, 0.25) is 0 Å². The summed E-state index contributed by atoms with van der Waals surface area (Å²) >= 11 is 3.53. The number of urea groups is 1. The highest BCUT2D eigenvalue weighted by molar-refractivity contribution is 9.10. The molecule has 0 fully saturated rings. The minimum atomic E-state index is -0.820. The van der Waals surface area contributed by atoms with Crippen LogP contribution < -0.4 is 14.8 Å². The predicted molar refractivity (Wildman–Crippen MR) is 121 cm³/mol. The van der Waals surface area contributed by atoms with Gasteiger partial charge in [-0.3, -0.25) is 4.79 Å². The van der Waals surface area contributed by atoms with Gasteiger partial charge in [0.15, 0.2) is 11.5 Å². The summed E-state index contributed by atoms with van der Waals surface area (Å²) in [5.41, 5.74) is 1.73. The zero-order chi connectivity index (χ0) is 22.4. The molecule has 2 aromatic carbocycles. The molecule has 2 aromatic rings. The van der Waals surface area contributed by atoms with Crippen LogP contribution in [0.1, 0.15) is 37.4 Å². The highest BCUT2D eigenvalue weighted by Gasteiger charge is 2.41. The molecule has 0 aliphatic carbocycles. The lowest BCUT2D eigenvalue weighted by Crippen LogP contribution is -2.45. The van der Waals surface area contributed by atoms with E-state index in [0.29, 0.717) is 39.4 Å². The Kier molecular flexibility index (Phi) is 7.68. The Morgan fingerprint density at radius 3 is 2.58 bits per heavy atom. The zero-order valence-corrected chi connectivity index (χ0v) is 19.3. The van der Waals surface area contributed by atoms with Crippen LogP contribution in [0.4, 0.5) is 4.79 Å². The molecule has 2 amide bonds. The third kappa shape index (κ3) is 5.07. The first-order valence-electron chi connectivity index (χ1n) is 10.1. The number of nitrogens with zero attached hydrogens (tertiary/aromatic N) is 1. The number of ether oxygens (including phenoxy) is 3. The number of carbonyl (C=O) groups is 2. The number of nitrogens with one attached hydrogen (secondary N) is 1. The quantitative estimate of drug-likeness (QED) is 0.545. The molecule has 2 atom stereocenters. The van der Waals surface area contributed by atoms with E-state index >= 15 is 0 Å². The average Bonchev–Trinajstić information content (AvgIpc) is 2.77. The number of halogens is 1. The lowest BCUT2D eigenvalue weighted by Gasteiger charge is -2.31. The molecule has 0 saturated heterocycles. The van der Waals surface area contributed by atoms with E-state index in [-0.39, 0.29) is 6.61 Å². The number of benzene rings is 2. The number of esters is 1. The normalized spacial score (nSPS) is 18.1. The molecule has 2 unspecified atom stereocenters. The minimum Gasteiger partial charge on any atom is -0.493 e. The lowest BCUT2D eigenvalue weighted by atomic mass is 9.84. The summed E-state index contributed by atoms with van der Waals surface area (Å²) in [7, 11) is 1.55. The van der Waals surface area contributed by atoms with Crippen LogP contribution in [0.5, 0.6) is 11.5 Å². The van der Waals surface area contributed by atoms with E-state index in [9.17, 15) is 9.59 Å². The van der Waals surface area contributed by atoms with Crippen molar-refractivity contribution in [3.63, 3.8) is 0 Å². The molecule has 1 heterocycles. The zero-order valence-electron chi connectivity index (χ0n) is 17.7. The predicted octanol–water partition coefficient (Wildman–Crippen LogP) is 4.68. The molecule has 164 valence electrons. The van der Waals surface area contributed by atoms with Crippen LogP contribution in [0.15, 0.2) is 51.9 Å². The topological polar surface area (TPSA) is 86.2 Å². The Balaban J connectivity index is 2.10. The van der Waals surface area contributed by atoms with E-state index in [1.807, 2.05) is 43.3 Å². The second kappa shape index (κ2) is 10.4. The number of aliphatic imine (C=N–C) groups is 1. The standard InChI is InChI=1S/C23H25BrN2O5/c1-4-11-31-21-16(24)12-15(13-17(21)29-3)20-18(22(27)30-5-2)19(25-23(28)26-20)14-9-7-6-8-10-14/h6-10,12-13,18,20H,4-5,11H2,1-3H3,(H,26,28). The molecule has 0 bridgehead atoms. The summed E-state index contributed by atoms with van der Waals surface area (Å²) < 4.78 is 17.3. The third-order valence-corrected chi connectivity index (χ3v) is 5.39. The Morgan fingerprint density at radius 1 is 1.19 bits per heavy atom. The van der Waals surface area contributed by atoms with E-state index in [2.05, 4.69) is 26.2 Å². The van der Waals surface area contributed by atoms with Gasteiger partial charge in [0, 0.05) is 0 Å². The Bertz CT molecular complexity index is 977. The Labute approximate surface area is 189 Å². The van der Waals surface area contributed by atoms with Gasteiger partial charge in [-0.2, -0.15) is 4.99 Å². The lowest BCUT2D eigenvalue weighted by molar-refractivity contribution is -0.146. The summed E-state index contributed by atoms with van der Waals surface area (Å²) in [6, 6.07) is 11.5. The number of carbonyl (C=O) groups excluding carboxylic acids is 2. The van der Waals surface area contributed by atoms with E-state index < -0.39 is 24.0 Å². The maximum atomic E-state index is 13.0. The van der Waals surface area contributed by atoms with E-state index in [4.69, 9.17) is 14.2 Å². The van der Waals surface area contributed by atoms with Crippen molar-refractivity contribution >= 4 is 33.6 Å². The van der Waals surface area contributed by atoms with Gasteiger partial charge in [-0.05, 0) is 52.5 Å². The molecule has 1 aliphatic heterocycles. The molecule has 0 aromatic heterocycles. The van der Waals surface area contributed by atoms with Crippen molar-refractivity contribution in [2.75, 3.05) is 20.3 Å². The molecule has 8 heteroatoms. The summed E-state index contributed by atoms with van der Waals surface area (Å²) in [6.45, 7) is 4.51. The van der Waals surface area contributed by atoms with Crippen LogP contribution in [0.2, 0.25) is 0 Å². The number of methoxy groups -OCH3 is 1. The smallest absolute Gasteiger partial charge is 0.341 e. The van der Waals surface area contributed by atoms with Gasteiger partial charge in [0.1, 0.15) is 5.92 Å². The van der Waals surface area contributed by atoms with Crippen molar-refractivity contribution < 1.29 is 23.8 Å². The SMILES string of the molecule is CCCOc1c(Br)cc(C2NC(=O)N=C(c3ccccc3)C2C(=O)OCC)cc1OC. The van der Waals surface area contributed by atoms with Crippen molar-refractivity contribution in [1.82, 2.24) is 5.32 Å². The maximum absolute atomic E-state index is 13.0. The summed E-state index contributed by atoms with van der Waals surface area (Å²) in [4.78, 5) is 29.6. The van der Waals surface area contributed by atoms with Crippen molar-refractivity contribution in [1.29, 1.82) is 0 Å². The second-order valence-corrected chi connectivity index (χ2v) is 7.76. The van der Waals surface area contributed by atoms with E-state index in [0.717, 1.165) is 6.42 Å². The third-order valence-electron chi connectivity index (χ3n) is 4.80. The fourth-order valence-corrected chi connectivity index (χ4v) is 4.03. The van der Waals surface area contributed by atoms with E-state index in [1.165, 1.54) is 0 Å². The van der Waals surface area contributed by atoms with Crippen molar-refractivity contribution in [2.45, 2.75) is 26.3 Å². The molecule has 0 spiro atoms. The highest BCUT2D eigenvalue weighted by atomic mass is 79.9. The molecule has 0 radical (unpaired) electrons. The average molecular weight is 489 g/mol. The molecular formula is C23H25BrN2O5. The first-order chi connectivity index (χ1) is 15.0. The second-order valence-electron chi connectivity index (χ2n) is 6.90. The van der Waals surface area contributed by atoms with E-state index in [1.54, 1.807) is 20.1 Å². The van der Waals surface area contributed by atoms with Gasteiger partial charge < -0.3 is 19.5 Å². The molecule has 0 saturated carbocycles. The monoisotopic (exact) mass is 488 g/mol. The van der Waals surface area contributed by atoms with Crippen LogP contribution in [-0.4, -0.2) is 38.0 Å². The molecule has 7 nitrogen and oxygen atoms in total.